The molecule has 88 valence electrons. The van der Waals surface area contributed by atoms with Crippen molar-refractivity contribution in [3.8, 4) is 0 Å². The number of carbonyl (C=O) groups is 1. The summed E-state index contributed by atoms with van der Waals surface area (Å²) >= 11 is 5.94. The Morgan fingerprint density at radius 2 is 2.12 bits per heavy atom. The predicted octanol–water partition coefficient (Wildman–Crippen LogP) is 3.55. The SMILES string of the molecule is CCCN(C(C)=O)c1cc(C)c(F)cc1Cl. The third-order valence-electron chi connectivity index (χ3n) is 2.35. The van der Waals surface area contributed by atoms with Crippen LogP contribution in [0.1, 0.15) is 25.8 Å². The second kappa shape index (κ2) is 5.30. The van der Waals surface area contributed by atoms with E-state index in [9.17, 15) is 9.18 Å². The molecule has 0 bridgehead atoms. The first-order valence-electron chi connectivity index (χ1n) is 5.21. The first kappa shape index (κ1) is 13.0. The largest absolute Gasteiger partial charge is 0.311 e. The molecule has 1 aromatic carbocycles. The van der Waals surface area contributed by atoms with E-state index in [1.165, 1.54) is 13.0 Å². The van der Waals surface area contributed by atoms with E-state index >= 15 is 0 Å². The summed E-state index contributed by atoms with van der Waals surface area (Å²) in [5, 5.41) is 0.270. The van der Waals surface area contributed by atoms with Crippen LogP contribution in [0, 0.1) is 12.7 Å². The molecule has 0 radical (unpaired) electrons. The lowest BCUT2D eigenvalue weighted by Gasteiger charge is -2.22. The zero-order valence-corrected chi connectivity index (χ0v) is 10.4. The second-order valence-electron chi connectivity index (χ2n) is 3.72. The fraction of sp³-hybridized carbons (Fsp3) is 0.417. The lowest BCUT2D eigenvalue weighted by molar-refractivity contribution is -0.116. The molecule has 0 aromatic heterocycles. The number of amides is 1. The molecule has 0 spiro atoms. The molecule has 1 rings (SSSR count). The Morgan fingerprint density at radius 3 is 2.62 bits per heavy atom. The highest BCUT2D eigenvalue weighted by Crippen LogP contribution is 2.29. The van der Waals surface area contributed by atoms with Crippen LogP contribution in [0.3, 0.4) is 0 Å². The van der Waals surface area contributed by atoms with Gasteiger partial charge in [0, 0.05) is 13.5 Å². The van der Waals surface area contributed by atoms with Crippen LogP contribution < -0.4 is 4.90 Å². The summed E-state index contributed by atoms with van der Waals surface area (Å²) in [5.41, 5.74) is 1.07. The topological polar surface area (TPSA) is 20.3 Å². The molecule has 0 aliphatic heterocycles. The Labute approximate surface area is 100 Å². The number of carbonyl (C=O) groups excluding carboxylic acids is 1. The van der Waals surface area contributed by atoms with Crippen LogP contribution in [0.5, 0.6) is 0 Å². The Kier molecular flexibility index (Phi) is 4.30. The third kappa shape index (κ3) is 2.73. The average molecular weight is 244 g/mol. The molecule has 0 saturated carbocycles. The van der Waals surface area contributed by atoms with Crippen molar-refractivity contribution in [2.24, 2.45) is 0 Å². The van der Waals surface area contributed by atoms with E-state index in [1.807, 2.05) is 6.92 Å². The van der Waals surface area contributed by atoms with Crippen LogP contribution in [-0.2, 0) is 4.79 Å². The fourth-order valence-electron chi connectivity index (χ4n) is 1.52. The zero-order chi connectivity index (χ0) is 12.3. The van der Waals surface area contributed by atoms with Crippen LogP contribution in [0.25, 0.3) is 0 Å². The van der Waals surface area contributed by atoms with Gasteiger partial charge in [-0.25, -0.2) is 4.39 Å². The van der Waals surface area contributed by atoms with Crippen LogP contribution in [0.15, 0.2) is 12.1 Å². The predicted molar refractivity (Wildman–Crippen MR) is 64.5 cm³/mol. The molecule has 2 nitrogen and oxygen atoms in total. The number of rotatable bonds is 3. The van der Waals surface area contributed by atoms with Gasteiger partial charge in [0.05, 0.1) is 10.7 Å². The van der Waals surface area contributed by atoms with Gasteiger partial charge < -0.3 is 4.90 Å². The molecule has 0 aliphatic rings. The molecule has 0 unspecified atom stereocenters. The smallest absolute Gasteiger partial charge is 0.223 e. The van der Waals surface area contributed by atoms with E-state index in [-0.39, 0.29) is 16.7 Å². The Morgan fingerprint density at radius 1 is 1.50 bits per heavy atom. The van der Waals surface area contributed by atoms with Gasteiger partial charge >= 0.3 is 0 Å². The summed E-state index contributed by atoms with van der Waals surface area (Å²) in [6, 6.07) is 2.85. The highest BCUT2D eigenvalue weighted by molar-refractivity contribution is 6.33. The van der Waals surface area contributed by atoms with E-state index < -0.39 is 0 Å². The maximum atomic E-state index is 13.2. The van der Waals surface area contributed by atoms with Crippen LogP contribution in [0.4, 0.5) is 10.1 Å². The van der Waals surface area contributed by atoms with Gasteiger partial charge in [-0.1, -0.05) is 18.5 Å². The monoisotopic (exact) mass is 243 g/mol. The number of anilines is 1. The quantitative estimate of drug-likeness (QED) is 0.795. The minimum Gasteiger partial charge on any atom is -0.311 e. The molecule has 0 saturated heterocycles. The molecule has 0 atom stereocenters. The normalized spacial score (nSPS) is 10.3. The van der Waals surface area contributed by atoms with Gasteiger partial charge in [-0.2, -0.15) is 0 Å². The van der Waals surface area contributed by atoms with Crippen LogP contribution in [-0.4, -0.2) is 12.5 Å². The molecule has 16 heavy (non-hydrogen) atoms. The molecule has 1 amide bonds. The molecular formula is C12H15ClFNO. The van der Waals surface area contributed by atoms with Gasteiger partial charge in [0.1, 0.15) is 5.82 Å². The van der Waals surface area contributed by atoms with Crippen molar-refractivity contribution < 1.29 is 9.18 Å². The summed E-state index contributed by atoms with van der Waals surface area (Å²) in [6.45, 7) is 5.68. The maximum Gasteiger partial charge on any atom is 0.223 e. The van der Waals surface area contributed by atoms with Crippen molar-refractivity contribution in [1.29, 1.82) is 0 Å². The first-order valence-corrected chi connectivity index (χ1v) is 5.59. The third-order valence-corrected chi connectivity index (χ3v) is 2.65. The lowest BCUT2D eigenvalue weighted by atomic mass is 10.2. The fourth-order valence-corrected chi connectivity index (χ4v) is 1.77. The number of halogens is 2. The van der Waals surface area contributed by atoms with Crippen LogP contribution >= 0.6 is 11.6 Å². The minimum absolute atomic E-state index is 0.0882. The van der Waals surface area contributed by atoms with Crippen LogP contribution in [0.2, 0.25) is 5.02 Å². The summed E-state index contributed by atoms with van der Waals surface area (Å²) < 4.78 is 13.2. The molecular weight excluding hydrogens is 229 g/mol. The van der Waals surface area contributed by atoms with Crippen molar-refractivity contribution in [2.45, 2.75) is 27.2 Å². The lowest BCUT2D eigenvalue weighted by Crippen LogP contribution is -2.29. The van der Waals surface area contributed by atoms with E-state index in [0.29, 0.717) is 17.8 Å². The van der Waals surface area contributed by atoms with E-state index in [0.717, 1.165) is 6.42 Å². The summed E-state index contributed by atoms with van der Waals surface area (Å²) in [5.74, 6) is -0.441. The Bertz CT molecular complexity index is 406. The number of aryl methyl sites for hydroxylation is 1. The van der Waals surface area contributed by atoms with E-state index in [4.69, 9.17) is 11.6 Å². The number of benzene rings is 1. The van der Waals surface area contributed by atoms with Crippen molar-refractivity contribution in [3.05, 3.63) is 28.5 Å². The molecule has 0 heterocycles. The standard InChI is InChI=1S/C12H15ClFNO/c1-4-5-15(9(3)16)12-6-8(2)11(14)7-10(12)13/h6-7H,4-5H2,1-3H3. The highest BCUT2D eigenvalue weighted by atomic mass is 35.5. The zero-order valence-electron chi connectivity index (χ0n) is 9.68. The van der Waals surface area contributed by atoms with Crippen molar-refractivity contribution in [2.75, 3.05) is 11.4 Å². The molecule has 0 aliphatic carbocycles. The first-order chi connectivity index (χ1) is 7.47. The molecule has 0 N–H and O–H groups in total. The molecule has 4 heteroatoms. The van der Waals surface area contributed by atoms with Crippen molar-refractivity contribution in [1.82, 2.24) is 0 Å². The highest BCUT2D eigenvalue weighted by Gasteiger charge is 2.15. The van der Waals surface area contributed by atoms with Gasteiger partial charge in [0.15, 0.2) is 0 Å². The Hall–Kier alpha value is -1.09. The van der Waals surface area contributed by atoms with Crippen molar-refractivity contribution in [3.63, 3.8) is 0 Å². The number of nitrogens with zero attached hydrogens (tertiary/aromatic N) is 1. The van der Waals surface area contributed by atoms with Gasteiger partial charge in [0.2, 0.25) is 5.91 Å². The van der Waals surface area contributed by atoms with Crippen molar-refractivity contribution >= 4 is 23.2 Å². The van der Waals surface area contributed by atoms with Gasteiger partial charge in [-0.05, 0) is 31.0 Å². The van der Waals surface area contributed by atoms with Gasteiger partial charge in [-0.15, -0.1) is 0 Å². The Balaban J connectivity index is 3.18. The summed E-state index contributed by atoms with van der Waals surface area (Å²) in [7, 11) is 0. The minimum atomic E-state index is -0.353. The van der Waals surface area contributed by atoms with Gasteiger partial charge in [-0.3, -0.25) is 4.79 Å². The van der Waals surface area contributed by atoms with E-state index in [2.05, 4.69) is 0 Å². The number of hydrogen-bond donors (Lipinski definition) is 0. The summed E-state index contributed by atoms with van der Waals surface area (Å²) in [6.07, 6.45) is 0.826. The average Bonchev–Trinajstić information content (AvgIpc) is 2.20. The second-order valence-corrected chi connectivity index (χ2v) is 4.13. The van der Waals surface area contributed by atoms with Gasteiger partial charge in [0.25, 0.3) is 0 Å². The summed E-state index contributed by atoms with van der Waals surface area (Å²) in [4.78, 5) is 13.0. The molecule has 0 fully saturated rings. The molecule has 1 aromatic rings. The van der Waals surface area contributed by atoms with E-state index in [1.54, 1.807) is 17.9 Å². The number of hydrogen-bond acceptors (Lipinski definition) is 1. The maximum absolute atomic E-state index is 13.2.